The summed E-state index contributed by atoms with van der Waals surface area (Å²) in [7, 11) is 0. The molecule has 40 heavy (non-hydrogen) atoms. The number of unbranched alkanes of at least 4 members (excludes halogenated alkanes) is 18. The van der Waals surface area contributed by atoms with Crippen LogP contribution in [0.25, 0.3) is 0 Å². The van der Waals surface area contributed by atoms with Crippen molar-refractivity contribution in [3.8, 4) is 0 Å². The maximum absolute atomic E-state index is 9.98. The number of carbonyl (C=O) groups excluding carboxylic acids is 3. The second kappa shape index (κ2) is 41.7. The smallest absolute Gasteiger partial charge is 0.545 e. The van der Waals surface area contributed by atoms with Crippen LogP contribution in [-0.4, -0.2) is 37.7 Å². The normalized spacial score (nSPS) is 10.6. The summed E-state index contributed by atoms with van der Waals surface area (Å²) in [5.41, 5.74) is 0. The zero-order valence-corrected chi connectivity index (χ0v) is 28.3. The predicted molar refractivity (Wildman–Crippen MR) is 162 cm³/mol. The van der Waals surface area contributed by atoms with Gasteiger partial charge < -0.3 is 29.7 Å². The molecule has 6 nitrogen and oxygen atoms in total. The van der Waals surface area contributed by atoms with E-state index in [1.165, 1.54) is 96.3 Å². The molecule has 0 aliphatic carbocycles. The van der Waals surface area contributed by atoms with Crippen LogP contribution in [0.2, 0.25) is 0 Å². The summed E-state index contributed by atoms with van der Waals surface area (Å²) in [4.78, 5) is 29.9. The van der Waals surface area contributed by atoms with Crippen molar-refractivity contribution in [3.05, 3.63) is 36.5 Å². The van der Waals surface area contributed by atoms with Crippen molar-refractivity contribution in [2.75, 3.05) is 0 Å². The van der Waals surface area contributed by atoms with E-state index in [0.717, 1.165) is 56.8 Å². The van der Waals surface area contributed by atoms with E-state index in [1.807, 2.05) is 0 Å². The molecule has 0 aromatic heterocycles. The largest absolute Gasteiger partial charge is 3.00 e. The van der Waals surface area contributed by atoms with Crippen LogP contribution in [-0.2, 0) is 14.4 Å². The first-order chi connectivity index (χ1) is 18.8. The van der Waals surface area contributed by atoms with Gasteiger partial charge in [0.2, 0.25) is 0 Å². The van der Waals surface area contributed by atoms with Crippen LogP contribution in [0.4, 0.5) is 0 Å². The maximum Gasteiger partial charge on any atom is 3.00 e. The summed E-state index contributed by atoms with van der Waals surface area (Å²) >= 11 is 0. The Morgan fingerprint density at radius 3 is 0.800 bits per heavy atom. The Hall–Kier alpha value is -1.73. The van der Waals surface area contributed by atoms with Crippen LogP contribution in [0.15, 0.2) is 36.5 Å². The fourth-order valence-corrected chi connectivity index (χ4v) is 3.67. The molecule has 0 saturated carbocycles. The van der Waals surface area contributed by atoms with E-state index in [9.17, 15) is 29.7 Å². The van der Waals surface area contributed by atoms with E-state index in [2.05, 4.69) is 20.8 Å². The molecule has 0 heterocycles. The summed E-state index contributed by atoms with van der Waals surface area (Å²) in [6, 6.07) is 0. The van der Waals surface area contributed by atoms with E-state index in [1.54, 1.807) is 18.2 Å². The molecule has 0 aliphatic heterocycles. The fourth-order valence-electron chi connectivity index (χ4n) is 3.67. The summed E-state index contributed by atoms with van der Waals surface area (Å²) in [5, 5.41) is 29.9. The molecule has 0 radical (unpaired) electrons. The van der Waals surface area contributed by atoms with Crippen molar-refractivity contribution in [2.45, 2.75) is 156 Å². The van der Waals surface area contributed by atoms with Crippen molar-refractivity contribution in [3.63, 3.8) is 0 Å². The van der Waals surface area contributed by atoms with Gasteiger partial charge in [-0.25, -0.2) is 0 Å². The Morgan fingerprint density at radius 1 is 0.400 bits per heavy atom. The van der Waals surface area contributed by atoms with Crippen LogP contribution in [0, 0.1) is 0 Å². The van der Waals surface area contributed by atoms with E-state index < -0.39 is 17.9 Å². The minimum atomic E-state index is -1.09. The summed E-state index contributed by atoms with van der Waals surface area (Å²) < 4.78 is 0. The molecule has 228 valence electrons. The summed E-state index contributed by atoms with van der Waals surface area (Å²) in [6.45, 7) is 6.59. The van der Waals surface area contributed by atoms with Gasteiger partial charge in [0.15, 0.2) is 0 Å². The first kappa shape index (κ1) is 45.3. The van der Waals surface area contributed by atoms with Gasteiger partial charge in [-0.2, -0.15) is 0 Å². The third kappa shape index (κ3) is 56.5. The Balaban J connectivity index is -0.000000240. The molecule has 0 unspecified atom stereocenters. The summed E-state index contributed by atoms with van der Waals surface area (Å²) in [5.74, 6) is -3.28. The van der Waals surface area contributed by atoms with Gasteiger partial charge in [-0.05, 0) is 56.8 Å². The molecule has 0 aliphatic rings. The van der Waals surface area contributed by atoms with Crippen LogP contribution in [0.3, 0.4) is 0 Å². The molecule has 7 heteroatoms. The standard InChI is InChI=1S/3C11H20O2.Ga/c3*1-2-3-4-5-6-7-8-9-10-11(12)13;/h3*9-10H,2-8H2,1H3,(H,12,13);/q;;;+3/p-3. The van der Waals surface area contributed by atoms with Crippen molar-refractivity contribution in [1.29, 1.82) is 0 Å². The van der Waals surface area contributed by atoms with Crippen molar-refractivity contribution in [2.24, 2.45) is 0 Å². The van der Waals surface area contributed by atoms with Crippen LogP contribution in [0.5, 0.6) is 0 Å². The molecule has 0 amide bonds. The molecule has 0 N–H and O–H groups in total. The first-order valence-electron chi connectivity index (χ1n) is 15.4. The number of carbonyl (C=O) groups is 3. The van der Waals surface area contributed by atoms with E-state index >= 15 is 0 Å². The van der Waals surface area contributed by atoms with Crippen molar-refractivity contribution in [1.82, 2.24) is 0 Å². The number of carboxylic acids is 3. The first-order valence-corrected chi connectivity index (χ1v) is 15.4. The minimum absolute atomic E-state index is 0. The van der Waals surface area contributed by atoms with Gasteiger partial charge in [0.1, 0.15) is 0 Å². The Kier molecular flexibility index (Phi) is 47.2. The summed E-state index contributed by atoms with van der Waals surface area (Å²) in [6.07, 6.45) is 33.3. The van der Waals surface area contributed by atoms with Crippen LogP contribution in [0.1, 0.15) is 156 Å². The number of rotatable bonds is 24. The van der Waals surface area contributed by atoms with Crippen LogP contribution < -0.4 is 15.3 Å². The van der Waals surface area contributed by atoms with Gasteiger partial charge >= 0.3 is 19.8 Å². The second-order valence-electron chi connectivity index (χ2n) is 9.83. The quantitative estimate of drug-likeness (QED) is 0.0771. The average Bonchev–Trinajstić information content (AvgIpc) is 2.89. The maximum atomic E-state index is 9.98. The molecule has 0 atom stereocenters. The molecule has 0 aromatic carbocycles. The van der Waals surface area contributed by atoms with Gasteiger partial charge in [-0.1, -0.05) is 135 Å². The predicted octanol–water partition coefficient (Wildman–Crippen LogP) is 5.75. The number of aliphatic carboxylic acids is 3. The zero-order chi connectivity index (χ0) is 29.8. The molecular formula is C33H57GaO6. The third-order valence-corrected chi connectivity index (χ3v) is 5.93. The molecule has 0 aromatic rings. The van der Waals surface area contributed by atoms with Gasteiger partial charge in [-0.15, -0.1) is 0 Å². The number of carboxylic acid groups (broad SMARTS) is 3. The van der Waals surface area contributed by atoms with Gasteiger partial charge in [0.25, 0.3) is 0 Å². The van der Waals surface area contributed by atoms with E-state index in [-0.39, 0.29) is 19.8 Å². The third-order valence-electron chi connectivity index (χ3n) is 5.93. The molecule has 0 fully saturated rings. The molecule has 0 spiro atoms. The van der Waals surface area contributed by atoms with Gasteiger partial charge in [-0.3, -0.25) is 0 Å². The Bertz CT molecular complexity index is 543. The minimum Gasteiger partial charge on any atom is -0.545 e. The van der Waals surface area contributed by atoms with Crippen LogP contribution >= 0.6 is 0 Å². The fraction of sp³-hybridized carbons (Fsp3) is 0.727. The van der Waals surface area contributed by atoms with Crippen molar-refractivity contribution < 1.29 is 29.7 Å². The monoisotopic (exact) mass is 618 g/mol. The Morgan fingerprint density at radius 2 is 0.600 bits per heavy atom. The second-order valence-corrected chi connectivity index (χ2v) is 9.83. The number of hydrogen-bond donors (Lipinski definition) is 0. The Labute approximate surface area is 258 Å². The topological polar surface area (TPSA) is 120 Å². The van der Waals surface area contributed by atoms with E-state index in [4.69, 9.17) is 0 Å². The number of hydrogen-bond acceptors (Lipinski definition) is 6. The molecule has 0 bridgehead atoms. The zero-order valence-electron chi connectivity index (χ0n) is 25.8. The molecular weight excluding hydrogens is 562 g/mol. The average molecular weight is 620 g/mol. The number of allylic oxidation sites excluding steroid dienone is 3. The molecule has 0 rings (SSSR count). The van der Waals surface area contributed by atoms with Crippen molar-refractivity contribution >= 4 is 37.7 Å². The molecule has 0 saturated heterocycles. The van der Waals surface area contributed by atoms with Gasteiger partial charge in [0.05, 0.1) is 17.9 Å². The SMILES string of the molecule is CCCCCCCCC=CC(=O)[O-].CCCCCCCCC=CC(=O)[O-].CCCCCCCCC=CC(=O)[O-].[Ga+3]. The van der Waals surface area contributed by atoms with Gasteiger partial charge in [0, 0.05) is 0 Å². The van der Waals surface area contributed by atoms with E-state index in [0.29, 0.717) is 0 Å².